The first-order valence-corrected chi connectivity index (χ1v) is 8.12. The first-order valence-electron chi connectivity index (χ1n) is 8.12. The zero-order chi connectivity index (χ0) is 17.2. The molecule has 0 fully saturated rings. The molecule has 0 spiro atoms. The molecule has 1 N–H and O–H groups in total. The lowest BCUT2D eigenvalue weighted by Gasteiger charge is -2.13. The van der Waals surface area contributed by atoms with Crippen molar-refractivity contribution in [3.05, 3.63) is 71.9 Å². The molecule has 0 radical (unpaired) electrons. The Hall–Kier alpha value is -3.28. The van der Waals surface area contributed by atoms with Crippen LogP contribution in [0.5, 0.6) is 0 Å². The van der Waals surface area contributed by atoms with Gasteiger partial charge in [-0.1, -0.05) is 30.3 Å². The summed E-state index contributed by atoms with van der Waals surface area (Å²) in [6.07, 6.45) is 5.18. The lowest BCUT2D eigenvalue weighted by molar-refractivity contribution is 0.903. The Labute approximate surface area is 145 Å². The van der Waals surface area contributed by atoms with Crippen molar-refractivity contribution in [1.29, 1.82) is 0 Å². The molecular formula is C19H18N6. The Kier molecular flexibility index (Phi) is 3.85. The minimum Gasteiger partial charge on any atom is -0.366 e. The smallest absolute Gasteiger partial charge is 0.254 e. The van der Waals surface area contributed by atoms with E-state index in [0.29, 0.717) is 12.3 Å². The number of nitrogens with zero attached hydrogens (tertiary/aromatic N) is 5. The highest BCUT2D eigenvalue weighted by Gasteiger charge is 2.10. The maximum absolute atomic E-state index is 4.44. The summed E-state index contributed by atoms with van der Waals surface area (Å²) in [4.78, 5) is 12.8. The second kappa shape index (κ2) is 6.32. The normalized spacial score (nSPS) is 11.0. The van der Waals surface area contributed by atoms with Gasteiger partial charge in [0.15, 0.2) is 0 Å². The van der Waals surface area contributed by atoms with Crippen LogP contribution in [-0.2, 0) is 6.54 Å². The van der Waals surface area contributed by atoms with Crippen LogP contribution >= 0.6 is 0 Å². The number of anilines is 1. The predicted octanol–water partition coefficient (Wildman–Crippen LogP) is 3.42. The van der Waals surface area contributed by atoms with Crippen LogP contribution in [0.4, 0.5) is 5.82 Å². The molecule has 0 bridgehead atoms. The Morgan fingerprint density at radius 1 is 1.04 bits per heavy atom. The molecule has 4 rings (SSSR count). The summed E-state index contributed by atoms with van der Waals surface area (Å²) in [5, 5.41) is 7.73. The quantitative estimate of drug-likeness (QED) is 0.621. The maximum atomic E-state index is 4.44. The lowest BCUT2D eigenvalue weighted by Crippen LogP contribution is -2.09. The van der Waals surface area contributed by atoms with Gasteiger partial charge in [-0.05, 0) is 36.6 Å². The molecule has 0 atom stereocenters. The summed E-state index contributed by atoms with van der Waals surface area (Å²) < 4.78 is 1.74. The van der Waals surface area contributed by atoms with Gasteiger partial charge in [-0.2, -0.15) is 14.6 Å². The van der Waals surface area contributed by atoms with E-state index in [9.17, 15) is 0 Å². The van der Waals surface area contributed by atoms with E-state index in [1.807, 2.05) is 26.1 Å². The zero-order valence-corrected chi connectivity index (χ0v) is 14.1. The van der Waals surface area contributed by atoms with Crippen LogP contribution in [-0.4, -0.2) is 24.6 Å². The topological polar surface area (TPSA) is 68.0 Å². The molecule has 4 aromatic rings. The zero-order valence-electron chi connectivity index (χ0n) is 14.1. The molecule has 0 unspecified atom stereocenters. The van der Waals surface area contributed by atoms with Gasteiger partial charge >= 0.3 is 0 Å². The van der Waals surface area contributed by atoms with E-state index in [1.54, 1.807) is 10.7 Å². The largest absolute Gasteiger partial charge is 0.366 e. The van der Waals surface area contributed by atoms with Crippen molar-refractivity contribution in [2.75, 3.05) is 5.32 Å². The highest BCUT2D eigenvalue weighted by molar-refractivity contribution is 5.62. The fourth-order valence-corrected chi connectivity index (χ4v) is 2.78. The van der Waals surface area contributed by atoms with Crippen molar-refractivity contribution in [3.63, 3.8) is 0 Å². The fraction of sp³-hybridized carbons (Fsp3) is 0.158. The second-order valence-electron chi connectivity index (χ2n) is 5.93. The number of benzene rings is 1. The molecule has 3 aromatic heterocycles. The van der Waals surface area contributed by atoms with Gasteiger partial charge in [-0.15, -0.1) is 0 Å². The van der Waals surface area contributed by atoms with Gasteiger partial charge in [0.25, 0.3) is 5.78 Å². The van der Waals surface area contributed by atoms with Crippen molar-refractivity contribution in [2.24, 2.45) is 0 Å². The first-order chi connectivity index (χ1) is 12.2. The number of pyridine rings is 1. The van der Waals surface area contributed by atoms with E-state index in [0.717, 1.165) is 28.2 Å². The van der Waals surface area contributed by atoms with Crippen LogP contribution < -0.4 is 5.32 Å². The van der Waals surface area contributed by atoms with Gasteiger partial charge in [0.05, 0.1) is 0 Å². The molecule has 0 aliphatic heterocycles. The van der Waals surface area contributed by atoms with Gasteiger partial charge in [-0.25, -0.2) is 4.98 Å². The van der Waals surface area contributed by atoms with Gasteiger partial charge in [0.1, 0.15) is 12.1 Å². The third kappa shape index (κ3) is 2.94. The molecule has 6 heteroatoms. The van der Waals surface area contributed by atoms with Crippen LogP contribution in [0.25, 0.3) is 16.9 Å². The maximum Gasteiger partial charge on any atom is 0.254 e. The molecule has 25 heavy (non-hydrogen) atoms. The van der Waals surface area contributed by atoms with Crippen LogP contribution in [0, 0.1) is 13.8 Å². The fourth-order valence-electron chi connectivity index (χ4n) is 2.78. The summed E-state index contributed by atoms with van der Waals surface area (Å²) >= 11 is 0. The van der Waals surface area contributed by atoms with Crippen LogP contribution in [0.3, 0.4) is 0 Å². The van der Waals surface area contributed by atoms with Crippen molar-refractivity contribution in [3.8, 4) is 11.1 Å². The SMILES string of the molecule is Cc1nc2ncnn2c(NCc2ccc(-c3cccnc3)cc2)c1C. The Morgan fingerprint density at radius 2 is 1.88 bits per heavy atom. The lowest BCUT2D eigenvalue weighted by atomic mass is 10.1. The first kappa shape index (κ1) is 15.3. The highest BCUT2D eigenvalue weighted by atomic mass is 15.4. The van der Waals surface area contributed by atoms with Crippen molar-refractivity contribution in [1.82, 2.24) is 24.6 Å². The standard InChI is InChI=1S/C19H18N6/c1-13-14(2)24-19-22-12-23-25(19)18(13)21-10-15-5-7-16(8-6-15)17-4-3-9-20-11-17/h3-9,11-12,21H,10H2,1-2H3. The molecule has 124 valence electrons. The average molecular weight is 330 g/mol. The third-order valence-corrected chi connectivity index (χ3v) is 4.32. The molecule has 0 saturated carbocycles. The summed E-state index contributed by atoms with van der Waals surface area (Å²) in [7, 11) is 0. The van der Waals surface area contributed by atoms with Gasteiger partial charge in [0.2, 0.25) is 0 Å². The second-order valence-corrected chi connectivity index (χ2v) is 5.93. The van der Waals surface area contributed by atoms with E-state index < -0.39 is 0 Å². The van der Waals surface area contributed by atoms with E-state index in [1.165, 1.54) is 11.9 Å². The van der Waals surface area contributed by atoms with E-state index >= 15 is 0 Å². The predicted molar refractivity (Wildman–Crippen MR) is 97.3 cm³/mol. The monoisotopic (exact) mass is 330 g/mol. The summed E-state index contributed by atoms with van der Waals surface area (Å²) in [5.74, 6) is 1.54. The number of aromatic nitrogens is 5. The summed E-state index contributed by atoms with van der Waals surface area (Å²) in [6.45, 7) is 4.72. The molecule has 0 saturated heterocycles. The van der Waals surface area contributed by atoms with E-state index in [4.69, 9.17) is 0 Å². The number of hydrogen-bond donors (Lipinski definition) is 1. The molecular weight excluding hydrogens is 312 g/mol. The molecule has 0 aliphatic rings. The van der Waals surface area contributed by atoms with Crippen molar-refractivity contribution < 1.29 is 0 Å². The number of hydrogen-bond acceptors (Lipinski definition) is 5. The van der Waals surface area contributed by atoms with Crippen LogP contribution in [0.2, 0.25) is 0 Å². The summed E-state index contributed by atoms with van der Waals surface area (Å²) in [6, 6.07) is 12.5. The van der Waals surface area contributed by atoms with Gasteiger partial charge in [0, 0.05) is 30.2 Å². The van der Waals surface area contributed by atoms with Crippen molar-refractivity contribution >= 4 is 11.6 Å². The Morgan fingerprint density at radius 3 is 2.64 bits per heavy atom. The van der Waals surface area contributed by atoms with Crippen molar-refractivity contribution in [2.45, 2.75) is 20.4 Å². The third-order valence-electron chi connectivity index (χ3n) is 4.32. The van der Waals surface area contributed by atoms with Crippen LogP contribution in [0.1, 0.15) is 16.8 Å². The number of rotatable bonds is 4. The molecule has 0 amide bonds. The Bertz CT molecular complexity index is 1010. The summed E-state index contributed by atoms with van der Waals surface area (Å²) in [5.41, 5.74) is 5.49. The molecule has 6 nitrogen and oxygen atoms in total. The average Bonchev–Trinajstić information content (AvgIpc) is 3.11. The van der Waals surface area contributed by atoms with Gasteiger partial charge < -0.3 is 5.32 Å². The number of aryl methyl sites for hydroxylation is 1. The number of fused-ring (bicyclic) bond motifs is 1. The van der Waals surface area contributed by atoms with E-state index in [-0.39, 0.29) is 0 Å². The minimum absolute atomic E-state index is 0.609. The molecule has 0 aliphatic carbocycles. The minimum atomic E-state index is 0.609. The molecule has 3 heterocycles. The van der Waals surface area contributed by atoms with E-state index in [2.05, 4.69) is 55.7 Å². The molecule has 1 aromatic carbocycles. The Balaban J connectivity index is 1.56. The van der Waals surface area contributed by atoms with Crippen LogP contribution in [0.15, 0.2) is 55.1 Å². The highest BCUT2D eigenvalue weighted by Crippen LogP contribution is 2.21. The number of nitrogens with one attached hydrogen (secondary N) is 1. The van der Waals surface area contributed by atoms with Gasteiger partial charge in [-0.3, -0.25) is 4.98 Å².